The average molecular weight is 158 g/mol. The third-order valence-corrected chi connectivity index (χ3v) is 1.56. The van der Waals surface area contributed by atoms with Crippen LogP contribution in [0.3, 0.4) is 0 Å². The van der Waals surface area contributed by atoms with Crippen LogP contribution in [0, 0.1) is 5.41 Å². The number of rotatable bonds is 4. The van der Waals surface area contributed by atoms with E-state index in [0.717, 1.165) is 13.1 Å². The van der Waals surface area contributed by atoms with Crippen LogP contribution in [0.1, 0.15) is 34.1 Å². The molecule has 0 saturated heterocycles. The summed E-state index contributed by atoms with van der Waals surface area (Å²) in [6, 6.07) is 0.582. The molecule has 0 heterocycles. The minimum atomic E-state index is 0.418. The zero-order valence-corrected chi connectivity index (χ0v) is 8.28. The minimum Gasteiger partial charge on any atom is -0.329 e. The molecule has 0 aliphatic heterocycles. The van der Waals surface area contributed by atoms with Gasteiger partial charge in [0.2, 0.25) is 0 Å². The Morgan fingerprint density at radius 2 is 1.91 bits per heavy atom. The third-order valence-electron chi connectivity index (χ3n) is 1.56. The molecule has 0 aromatic heterocycles. The van der Waals surface area contributed by atoms with Gasteiger partial charge in [-0.3, -0.25) is 0 Å². The van der Waals surface area contributed by atoms with Gasteiger partial charge in [0.15, 0.2) is 0 Å². The summed E-state index contributed by atoms with van der Waals surface area (Å²) < 4.78 is 0. The third kappa shape index (κ3) is 7.82. The summed E-state index contributed by atoms with van der Waals surface area (Å²) in [5.74, 6) is 0. The van der Waals surface area contributed by atoms with Crippen molar-refractivity contribution in [3.05, 3.63) is 0 Å². The van der Waals surface area contributed by atoms with Gasteiger partial charge in [0.25, 0.3) is 0 Å². The van der Waals surface area contributed by atoms with Gasteiger partial charge in [0.1, 0.15) is 0 Å². The van der Waals surface area contributed by atoms with Crippen molar-refractivity contribution < 1.29 is 0 Å². The Kier molecular flexibility index (Phi) is 4.69. The van der Waals surface area contributed by atoms with E-state index >= 15 is 0 Å². The molecule has 0 aromatic rings. The zero-order chi connectivity index (χ0) is 8.91. The van der Waals surface area contributed by atoms with Gasteiger partial charge in [-0.1, -0.05) is 20.8 Å². The van der Waals surface area contributed by atoms with Gasteiger partial charge in [-0.25, -0.2) is 0 Å². The van der Waals surface area contributed by atoms with Crippen LogP contribution in [-0.2, 0) is 0 Å². The molecular weight excluding hydrogens is 136 g/mol. The molecule has 0 aliphatic rings. The van der Waals surface area contributed by atoms with Crippen LogP contribution >= 0.6 is 0 Å². The van der Waals surface area contributed by atoms with E-state index in [-0.39, 0.29) is 0 Å². The Balaban J connectivity index is 3.44. The summed E-state index contributed by atoms with van der Waals surface area (Å²) in [6.07, 6.45) is 1.20. The first-order chi connectivity index (χ1) is 4.95. The van der Waals surface area contributed by atoms with Crippen LogP contribution in [-0.4, -0.2) is 19.1 Å². The van der Waals surface area contributed by atoms with E-state index in [1.54, 1.807) is 0 Å². The van der Waals surface area contributed by atoms with E-state index in [9.17, 15) is 0 Å². The monoisotopic (exact) mass is 158 g/mol. The van der Waals surface area contributed by atoms with E-state index in [4.69, 9.17) is 5.73 Å². The summed E-state index contributed by atoms with van der Waals surface area (Å²) in [4.78, 5) is 0. The second-order valence-corrected chi connectivity index (χ2v) is 4.41. The maximum Gasteiger partial charge on any atom is 0.00769 e. The van der Waals surface area contributed by atoms with Gasteiger partial charge in [0.05, 0.1) is 0 Å². The van der Waals surface area contributed by atoms with Crippen molar-refractivity contribution in [3.63, 3.8) is 0 Å². The topological polar surface area (TPSA) is 38.0 Å². The number of nitrogens with one attached hydrogen (secondary N) is 1. The first kappa shape index (κ1) is 10.9. The highest BCUT2D eigenvalue weighted by atomic mass is 14.9. The lowest BCUT2D eigenvalue weighted by Crippen LogP contribution is -2.33. The fourth-order valence-electron chi connectivity index (χ4n) is 1.32. The van der Waals surface area contributed by atoms with Gasteiger partial charge in [-0.15, -0.1) is 0 Å². The molecule has 0 spiro atoms. The lowest BCUT2D eigenvalue weighted by atomic mass is 9.89. The molecule has 0 aromatic carbocycles. The zero-order valence-electron chi connectivity index (χ0n) is 8.28. The fourth-order valence-corrected chi connectivity index (χ4v) is 1.32. The molecule has 0 fully saturated rings. The largest absolute Gasteiger partial charge is 0.329 e. The Bertz CT molecular complexity index is 94.2. The normalized spacial score (nSPS) is 15.0. The molecule has 0 aliphatic carbocycles. The molecule has 1 atom stereocenters. The number of nitrogens with two attached hydrogens (primary N) is 1. The van der Waals surface area contributed by atoms with Crippen molar-refractivity contribution in [2.45, 2.75) is 40.2 Å². The Morgan fingerprint density at radius 1 is 1.36 bits per heavy atom. The maximum atomic E-state index is 5.38. The molecule has 0 saturated carbocycles. The Morgan fingerprint density at radius 3 is 2.27 bits per heavy atom. The lowest BCUT2D eigenvalue weighted by molar-refractivity contribution is 0.321. The minimum absolute atomic E-state index is 0.418. The van der Waals surface area contributed by atoms with Gasteiger partial charge >= 0.3 is 0 Å². The molecule has 0 rings (SSSR count). The van der Waals surface area contributed by atoms with Crippen molar-refractivity contribution in [2.75, 3.05) is 13.1 Å². The summed E-state index contributed by atoms with van der Waals surface area (Å²) >= 11 is 0. The number of hydrogen-bond acceptors (Lipinski definition) is 2. The highest BCUT2D eigenvalue weighted by Gasteiger charge is 2.13. The first-order valence-electron chi connectivity index (χ1n) is 4.39. The molecule has 11 heavy (non-hydrogen) atoms. The van der Waals surface area contributed by atoms with E-state index in [0.29, 0.717) is 11.5 Å². The van der Waals surface area contributed by atoms with Gasteiger partial charge < -0.3 is 11.1 Å². The van der Waals surface area contributed by atoms with E-state index in [2.05, 4.69) is 33.0 Å². The Hall–Kier alpha value is -0.0800. The second kappa shape index (κ2) is 4.73. The number of hydrogen-bond donors (Lipinski definition) is 2. The quantitative estimate of drug-likeness (QED) is 0.648. The molecule has 0 amide bonds. The van der Waals surface area contributed by atoms with Crippen molar-refractivity contribution in [2.24, 2.45) is 11.1 Å². The highest BCUT2D eigenvalue weighted by Crippen LogP contribution is 2.20. The summed E-state index contributed by atoms with van der Waals surface area (Å²) in [5.41, 5.74) is 5.80. The van der Waals surface area contributed by atoms with Crippen LogP contribution in [0.5, 0.6) is 0 Å². The van der Waals surface area contributed by atoms with E-state index < -0.39 is 0 Å². The average Bonchev–Trinajstić information content (AvgIpc) is 1.79. The fraction of sp³-hybridized carbons (Fsp3) is 1.00. The highest BCUT2D eigenvalue weighted by molar-refractivity contribution is 4.70. The predicted molar refractivity (Wildman–Crippen MR) is 50.6 cm³/mol. The summed E-state index contributed by atoms with van der Waals surface area (Å²) in [7, 11) is 0. The van der Waals surface area contributed by atoms with Crippen molar-refractivity contribution in [1.29, 1.82) is 0 Å². The van der Waals surface area contributed by atoms with Crippen LogP contribution in [0.4, 0.5) is 0 Å². The molecular formula is C9H22N2. The van der Waals surface area contributed by atoms with Crippen LogP contribution < -0.4 is 11.1 Å². The molecule has 3 N–H and O–H groups in total. The molecule has 0 radical (unpaired) electrons. The summed E-state index contributed by atoms with van der Waals surface area (Å²) in [6.45, 7) is 10.6. The van der Waals surface area contributed by atoms with Crippen LogP contribution in [0.2, 0.25) is 0 Å². The Labute approximate surface area is 70.5 Å². The van der Waals surface area contributed by atoms with Crippen LogP contribution in [0.25, 0.3) is 0 Å². The molecule has 2 heteroatoms. The smallest absolute Gasteiger partial charge is 0.00769 e. The maximum absolute atomic E-state index is 5.38. The molecule has 1 unspecified atom stereocenters. The predicted octanol–water partition coefficient (Wildman–Crippen LogP) is 1.36. The van der Waals surface area contributed by atoms with Crippen molar-refractivity contribution in [1.82, 2.24) is 5.32 Å². The molecule has 68 valence electrons. The molecule has 2 nitrogen and oxygen atoms in total. The standard InChI is InChI=1S/C9H22N2/c1-8(11-6-5-10)7-9(2,3)4/h8,11H,5-7,10H2,1-4H3. The van der Waals surface area contributed by atoms with Crippen LogP contribution in [0.15, 0.2) is 0 Å². The van der Waals surface area contributed by atoms with Crippen molar-refractivity contribution >= 4 is 0 Å². The van der Waals surface area contributed by atoms with E-state index in [1.807, 2.05) is 0 Å². The van der Waals surface area contributed by atoms with E-state index in [1.165, 1.54) is 6.42 Å². The SMILES string of the molecule is CC(CC(C)(C)C)NCCN. The first-order valence-corrected chi connectivity index (χ1v) is 4.39. The van der Waals surface area contributed by atoms with Gasteiger partial charge in [-0.05, 0) is 18.8 Å². The van der Waals surface area contributed by atoms with Crippen molar-refractivity contribution in [3.8, 4) is 0 Å². The van der Waals surface area contributed by atoms with Gasteiger partial charge in [0, 0.05) is 19.1 Å². The summed E-state index contributed by atoms with van der Waals surface area (Å²) in [5, 5.41) is 3.36. The lowest BCUT2D eigenvalue weighted by Gasteiger charge is -2.23. The van der Waals surface area contributed by atoms with Gasteiger partial charge in [-0.2, -0.15) is 0 Å². The molecule has 0 bridgehead atoms. The second-order valence-electron chi connectivity index (χ2n) is 4.41.